The molecular weight excluding hydrogens is 254 g/mol. The third-order valence-electron chi connectivity index (χ3n) is 2.10. The summed E-state index contributed by atoms with van der Waals surface area (Å²) in [5.41, 5.74) is 1.26. The van der Waals surface area contributed by atoms with Gasteiger partial charge in [0.25, 0.3) is 5.24 Å². The number of nitrogens with zero attached hydrogens (tertiary/aromatic N) is 1. The minimum Gasteiger partial charge on any atom is -0.487 e. The van der Waals surface area contributed by atoms with Gasteiger partial charge in [-0.05, 0) is 19.4 Å². The van der Waals surface area contributed by atoms with E-state index in [0.29, 0.717) is 6.61 Å². The molecule has 0 aromatic carbocycles. The van der Waals surface area contributed by atoms with E-state index in [1.165, 1.54) is 17.3 Å². The predicted molar refractivity (Wildman–Crippen MR) is 76.4 cm³/mol. The van der Waals surface area contributed by atoms with Gasteiger partial charge >= 0.3 is 0 Å². The molecule has 0 spiro atoms. The average molecular weight is 273 g/mol. The summed E-state index contributed by atoms with van der Waals surface area (Å²) in [7, 11) is 3.54. The Morgan fingerprint density at radius 2 is 2.35 bits per heavy atom. The molecule has 1 aliphatic heterocycles. The van der Waals surface area contributed by atoms with Gasteiger partial charge in [-0.1, -0.05) is 35.2 Å². The normalized spacial score (nSPS) is 15.0. The van der Waals surface area contributed by atoms with Crippen molar-refractivity contribution in [2.24, 2.45) is 0 Å². The van der Waals surface area contributed by atoms with Gasteiger partial charge in [0.05, 0.1) is 6.61 Å². The summed E-state index contributed by atoms with van der Waals surface area (Å²) in [6.07, 6.45) is 5.14. The highest BCUT2D eigenvalue weighted by Gasteiger charge is 2.06. The smallest absolute Gasteiger partial charge is 0.281 e. The zero-order valence-corrected chi connectivity index (χ0v) is 12.2. The first-order valence-electron chi connectivity index (χ1n) is 5.57. The number of hydrogen-bond acceptors (Lipinski definition) is 4. The second-order valence-electron chi connectivity index (χ2n) is 3.93. The molecule has 0 atom stereocenters. The lowest BCUT2D eigenvalue weighted by Crippen LogP contribution is -2.16. The lowest BCUT2D eigenvalue weighted by molar-refractivity contribution is 0.238. The number of rotatable bonds is 5. The summed E-state index contributed by atoms with van der Waals surface area (Å²) in [6, 6.07) is 0. The molecule has 96 valence electrons. The lowest BCUT2D eigenvalue weighted by atomic mass is 10.3. The molecular formula is C12H19NO2S2. The second kappa shape index (κ2) is 7.71. The number of allylic oxidation sites excluding steroid dienone is 2. The van der Waals surface area contributed by atoms with Crippen LogP contribution in [0.5, 0.6) is 0 Å². The summed E-state index contributed by atoms with van der Waals surface area (Å²) >= 11 is 3.06. The molecule has 0 aromatic heterocycles. The van der Waals surface area contributed by atoms with Gasteiger partial charge in [0.2, 0.25) is 0 Å². The molecule has 3 nitrogen and oxygen atoms in total. The topological polar surface area (TPSA) is 29.5 Å². The van der Waals surface area contributed by atoms with Gasteiger partial charge in [-0.2, -0.15) is 0 Å². The van der Waals surface area contributed by atoms with Crippen LogP contribution in [0.3, 0.4) is 0 Å². The number of carbonyl (C=O) groups is 1. The molecule has 0 bridgehead atoms. The van der Waals surface area contributed by atoms with Gasteiger partial charge in [0, 0.05) is 25.6 Å². The number of hydrogen-bond donors (Lipinski definition) is 0. The third kappa shape index (κ3) is 6.07. The number of ether oxygens (including phenoxy) is 1. The highest BCUT2D eigenvalue weighted by Crippen LogP contribution is 2.24. The summed E-state index contributed by atoms with van der Waals surface area (Å²) in [6.45, 7) is 2.76. The minimum atomic E-state index is 0.107. The van der Waals surface area contributed by atoms with Crippen molar-refractivity contribution in [3.8, 4) is 0 Å². The Labute approximate surface area is 112 Å². The van der Waals surface area contributed by atoms with Crippen molar-refractivity contribution in [3.63, 3.8) is 0 Å². The molecule has 0 radical (unpaired) electrons. The van der Waals surface area contributed by atoms with Crippen molar-refractivity contribution in [1.29, 1.82) is 0 Å². The van der Waals surface area contributed by atoms with Crippen LogP contribution in [0.15, 0.2) is 22.8 Å². The fourth-order valence-corrected chi connectivity index (χ4v) is 2.79. The van der Waals surface area contributed by atoms with E-state index < -0.39 is 0 Å². The van der Waals surface area contributed by atoms with Gasteiger partial charge < -0.3 is 9.64 Å². The molecule has 0 saturated heterocycles. The highest BCUT2D eigenvalue weighted by molar-refractivity contribution is 8.13. The molecule has 1 rings (SSSR count). The molecule has 0 saturated carbocycles. The second-order valence-corrected chi connectivity index (χ2v) is 6.00. The van der Waals surface area contributed by atoms with Crippen molar-refractivity contribution in [2.75, 3.05) is 32.2 Å². The Kier molecular flexibility index (Phi) is 6.58. The van der Waals surface area contributed by atoms with Crippen LogP contribution in [-0.2, 0) is 4.74 Å². The molecule has 0 unspecified atom stereocenters. The molecule has 0 aromatic rings. The summed E-state index contributed by atoms with van der Waals surface area (Å²) < 4.78 is 5.64. The predicted octanol–water partition coefficient (Wildman–Crippen LogP) is 3.34. The first-order chi connectivity index (χ1) is 8.09. The average Bonchev–Trinajstić information content (AvgIpc) is 2.28. The van der Waals surface area contributed by atoms with E-state index in [-0.39, 0.29) is 5.24 Å². The van der Waals surface area contributed by atoms with Gasteiger partial charge in [-0.3, -0.25) is 4.79 Å². The Balaban J connectivity index is 2.09. The molecule has 17 heavy (non-hydrogen) atoms. The van der Waals surface area contributed by atoms with E-state index in [9.17, 15) is 4.79 Å². The van der Waals surface area contributed by atoms with Crippen LogP contribution in [0.2, 0.25) is 0 Å². The van der Waals surface area contributed by atoms with Crippen molar-refractivity contribution in [1.82, 2.24) is 4.90 Å². The molecule has 0 N–H and O–H groups in total. The van der Waals surface area contributed by atoms with Crippen molar-refractivity contribution < 1.29 is 9.53 Å². The first-order valence-corrected chi connectivity index (χ1v) is 7.55. The molecule has 1 amide bonds. The van der Waals surface area contributed by atoms with Gasteiger partial charge in [-0.25, -0.2) is 0 Å². The van der Waals surface area contributed by atoms with E-state index in [1.807, 2.05) is 0 Å². The summed E-state index contributed by atoms with van der Waals surface area (Å²) in [5.74, 6) is 1.80. The number of amides is 1. The molecule has 5 heteroatoms. The van der Waals surface area contributed by atoms with Crippen molar-refractivity contribution in [3.05, 3.63) is 22.8 Å². The summed E-state index contributed by atoms with van der Waals surface area (Å²) in [5, 5.41) is 1.10. The van der Waals surface area contributed by atoms with Gasteiger partial charge in [0.1, 0.15) is 0 Å². The highest BCUT2D eigenvalue weighted by atomic mass is 32.2. The molecule has 1 aliphatic rings. The van der Waals surface area contributed by atoms with Crippen LogP contribution in [-0.4, -0.2) is 42.3 Å². The SMILES string of the molecule is CC1=CCSC(OCCCSC(=O)N(C)C)=C1. The zero-order chi connectivity index (χ0) is 12.7. The maximum absolute atomic E-state index is 11.3. The van der Waals surface area contributed by atoms with Crippen LogP contribution >= 0.6 is 23.5 Å². The standard InChI is InChI=1S/C12H19NO2S2/c1-10-5-8-16-11(9-10)15-6-4-7-17-12(14)13(2)3/h5,9H,4,6-8H2,1-3H3. The summed E-state index contributed by atoms with van der Waals surface area (Å²) in [4.78, 5) is 12.9. The lowest BCUT2D eigenvalue weighted by Gasteiger charge is -2.13. The van der Waals surface area contributed by atoms with E-state index in [2.05, 4.69) is 19.1 Å². The van der Waals surface area contributed by atoms with Gasteiger partial charge in [0.15, 0.2) is 5.09 Å². The van der Waals surface area contributed by atoms with Crippen LogP contribution in [0.25, 0.3) is 0 Å². The van der Waals surface area contributed by atoms with Crippen LogP contribution in [0.1, 0.15) is 13.3 Å². The van der Waals surface area contributed by atoms with Crippen LogP contribution < -0.4 is 0 Å². The Hall–Kier alpha value is -0.550. The van der Waals surface area contributed by atoms with E-state index >= 15 is 0 Å². The first kappa shape index (κ1) is 14.5. The third-order valence-corrected chi connectivity index (χ3v) is 4.06. The molecule has 0 fully saturated rings. The van der Waals surface area contributed by atoms with E-state index in [0.717, 1.165) is 23.0 Å². The molecule has 1 heterocycles. The monoisotopic (exact) mass is 273 g/mol. The Morgan fingerprint density at radius 1 is 1.59 bits per heavy atom. The molecule has 0 aliphatic carbocycles. The van der Waals surface area contributed by atoms with Crippen LogP contribution in [0.4, 0.5) is 4.79 Å². The Bertz CT molecular complexity index is 324. The minimum absolute atomic E-state index is 0.107. The Morgan fingerprint density at radius 3 is 3.00 bits per heavy atom. The van der Waals surface area contributed by atoms with E-state index in [1.54, 1.807) is 30.8 Å². The van der Waals surface area contributed by atoms with Crippen LogP contribution in [0, 0.1) is 0 Å². The fourth-order valence-electron chi connectivity index (χ4n) is 1.15. The van der Waals surface area contributed by atoms with E-state index in [4.69, 9.17) is 4.74 Å². The quantitative estimate of drug-likeness (QED) is 0.719. The van der Waals surface area contributed by atoms with Gasteiger partial charge in [-0.15, -0.1) is 0 Å². The number of carbonyl (C=O) groups excluding carboxylic acids is 1. The largest absolute Gasteiger partial charge is 0.487 e. The van der Waals surface area contributed by atoms with Crippen molar-refractivity contribution in [2.45, 2.75) is 13.3 Å². The maximum Gasteiger partial charge on any atom is 0.281 e. The number of thioether (sulfide) groups is 2. The maximum atomic E-state index is 11.3. The fraction of sp³-hybridized carbons (Fsp3) is 0.583. The van der Waals surface area contributed by atoms with Crippen molar-refractivity contribution >= 4 is 28.8 Å². The zero-order valence-electron chi connectivity index (χ0n) is 10.6.